The molecule has 3 aromatic carbocycles. The summed E-state index contributed by atoms with van der Waals surface area (Å²) < 4.78 is 52.9. The van der Waals surface area contributed by atoms with Gasteiger partial charge in [-0.3, -0.25) is 14.1 Å². The number of nitrogens with one attached hydrogen (secondary N) is 1. The number of hydrogen-bond acceptors (Lipinski definition) is 6. The van der Waals surface area contributed by atoms with Crippen molar-refractivity contribution in [1.29, 1.82) is 0 Å². The van der Waals surface area contributed by atoms with Gasteiger partial charge < -0.3 is 9.26 Å². The van der Waals surface area contributed by atoms with Crippen molar-refractivity contribution in [1.82, 2.24) is 9.72 Å². The van der Waals surface area contributed by atoms with Crippen molar-refractivity contribution < 1.29 is 22.1 Å². The second-order valence-corrected chi connectivity index (χ2v) is 9.82. The van der Waals surface area contributed by atoms with E-state index in [4.69, 9.17) is 16.3 Å². The van der Waals surface area contributed by atoms with Crippen LogP contribution in [0.15, 0.2) is 93.3 Å². The molecule has 11 heteroatoms. The first kappa shape index (κ1) is 23.6. The molecule has 1 N–H and O–H groups in total. The first-order valence-electron chi connectivity index (χ1n) is 10.5. The Balaban J connectivity index is 1.64. The van der Waals surface area contributed by atoms with Gasteiger partial charge in [0, 0.05) is 23.1 Å². The van der Waals surface area contributed by atoms with E-state index in [1.54, 1.807) is 24.3 Å². The molecule has 0 aliphatic carbocycles. The Morgan fingerprint density at radius 3 is 2.50 bits per heavy atom. The van der Waals surface area contributed by atoms with Gasteiger partial charge in [-0.2, -0.15) is 0 Å². The number of rotatable bonds is 6. The lowest BCUT2D eigenvalue weighted by Gasteiger charge is -2.17. The predicted molar refractivity (Wildman–Crippen MR) is 134 cm³/mol. The van der Waals surface area contributed by atoms with Crippen molar-refractivity contribution in [2.24, 2.45) is 0 Å². The highest BCUT2D eigenvalue weighted by Crippen LogP contribution is 2.37. The van der Waals surface area contributed by atoms with Crippen LogP contribution in [0.3, 0.4) is 0 Å². The molecule has 0 saturated carbocycles. The number of methoxy groups -OCH3 is 1. The second-order valence-electron chi connectivity index (χ2n) is 7.73. The quantitative estimate of drug-likeness (QED) is 0.325. The lowest BCUT2D eigenvalue weighted by Crippen LogP contribution is -2.19. The summed E-state index contributed by atoms with van der Waals surface area (Å²) in [4.78, 5) is 12.9. The Morgan fingerprint density at radius 1 is 1.03 bits per heavy atom. The smallest absolute Gasteiger partial charge is 0.263 e. The second kappa shape index (κ2) is 9.14. The lowest BCUT2D eigenvalue weighted by molar-refractivity contribution is 0.413. The van der Waals surface area contributed by atoms with E-state index < -0.39 is 10.0 Å². The van der Waals surface area contributed by atoms with Gasteiger partial charge in [-0.15, -0.1) is 0 Å². The number of ether oxygens (including phenoxy) is 1. The molecule has 5 rings (SSSR count). The van der Waals surface area contributed by atoms with Gasteiger partial charge in [-0.1, -0.05) is 28.9 Å². The molecule has 0 bridgehead atoms. The van der Waals surface area contributed by atoms with Crippen molar-refractivity contribution in [2.45, 2.75) is 4.90 Å². The van der Waals surface area contributed by atoms with Gasteiger partial charge in [-0.05, 0) is 54.1 Å². The number of aromatic nitrogens is 2. The van der Waals surface area contributed by atoms with Gasteiger partial charge in [-0.25, -0.2) is 12.8 Å². The standard InChI is InChI=1S/C25H17ClFN3O5S/c1-34-23-13-19(15-2-5-17(27)6-3-15)20(26)14-22(23)30-21-8-7-18(12-16(21)4-9-25(30)31)36(32,33)29-24-10-11-35-28-24/h2-14H,1H3,(H,28,29). The van der Waals surface area contributed by atoms with E-state index >= 15 is 0 Å². The monoisotopic (exact) mass is 525 g/mol. The fourth-order valence-corrected chi connectivity index (χ4v) is 5.13. The maximum absolute atomic E-state index is 13.4. The summed E-state index contributed by atoms with van der Waals surface area (Å²) in [7, 11) is -2.50. The summed E-state index contributed by atoms with van der Waals surface area (Å²) in [5.74, 6) is 0.0109. The van der Waals surface area contributed by atoms with Crippen molar-refractivity contribution in [3.63, 3.8) is 0 Å². The van der Waals surface area contributed by atoms with Crippen molar-refractivity contribution >= 4 is 38.3 Å². The van der Waals surface area contributed by atoms with Crippen LogP contribution in [-0.2, 0) is 10.0 Å². The highest BCUT2D eigenvalue weighted by atomic mass is 35.5. The van der Waals surface area contributed by atoms with Crippen LogP contribution >= 0.6 is 11.6 Å². The molecule has 0 radical (unpaired) electrons. The molecule has 2 aromatic heterocycles. The minimum Gasteiger partial charge on any atom is -0.495 e. The third-order valence-electron chi connectivity index (χ3n) is 5.52. The Hall–Kier alpha value is -4.15. The molecule has 0 aliphatic rings. The minimum absolute atomic E-state index is 0.0279. The average Bonchev–Trinajstić information content (AvgIpc) is 3.36. The summed E-state index contributed by atoms with van der Waals surface area (Å²) in [6.45, 7) is 0. The predicted octanol–water partition coefficient (Wildman–Crippen LogP) is 5.25. The molecular weight excluding hydrogens is 509 g/mol. The van der Waals surface area contributed by atoms with Gasteiger partial charge in [0.15, 0.2) is 5.82 Å². The number of hydrogen-bond donors (Lipinski definition) is 1. The van der Waals surface area contributed by atoms with Gasteiger partial charge in [0.2, 0.25) is 0 Å². The zero-order chi connectivity index (χ0) is 25.4. The van der Waals surface area contributed by atoms with Crippen LogP contribution in [0.2, 0.25) is 5.02 Å². The molecule has 36 heavy (non-hydrogen) atoms. The van der Waals surface area contributed by atoms with E-state index in [-0.39, 0.29) is 22.1 Å². The van der Waals surface area contributed by atoms with Gasteiger partial charge in [0.25, 0.3) is 15.6 Å². The van der Waals surface area contributed by atoms with Crippen LogP contribution in [0, 0.1) is 5.82 Å². The Morgan fingerprint density at radius 2 is 1.81 bits per heavy atom. The van der Waals surface area contributed by atoms with E-state index in [0.717, 1.165) is 0 Å². The zero-order valence-corrected chi connectivity index (χ0v) is 20.2. The van der Waals surface area contributed by atoms with Crippen LogP contribution in [-0.4, -0.2) is 25.3 Å². The molecule has 0 amide bonds. The number of fused-ring (bicyclic) bond motifs is 1. The van der Waals surface area contributed by atoms with Crippen LogP contribution in [0.4, 0.5) is 10.2 Å². The number of sulfonamides is 1. The summed E-state index contributed by atoms with van der Waals surface area (Å²) in [5, 5.41) is 4.36. The highest BCUT2D eigenvalue weighted by Gasteiger charge is 2.19. The molecule has 0 spiro atoms. The molecular formula is C25H17ClFN3O5S. The summed E-state index contributed by atoms with van der Waals surface area (Å²) in [5.41, 5.74) is 1.69. The van der Waals surface area contributed by atoms with Crippen LogP contribution in [0.25, 0.3) is 27.7 Å². The van der Waals surface area contributed by atoms with Gasteiger partial charge in [0.1, 0.15) is 17.8 Å². The first-order valence-corrected chi connectivity index (χ1v) is 12.4. The number of benzene rings is 3. The van der Waals surface area contributed by atoms with Crippen molar-refractivity contribution in [3.05, 3.63) is 100 Å². The van der Waals surface area contributed by atoms with Gasteiger partial charge >= 0.3 is 0 Å². The van der Waals surface area contributed by atoms with Gasteiger partial charge in [0.05, 0.1) is 28.2 Å². The van der Waals surface area contributed by atoms with Crippen molar-refractivity contribution in [3.8, 4) is 22.6 Å². The van der Waals surface area contributed by atoms with Crippen LogP contribution in [0.5, 0.6) is 5.75 Å². The number of anilines is 1. The minimum atomic E-state index is -3.95. The first-order chi connectivity index (χ1) is 17.3. The molecule has 0 aliphatic heterocycles. The van der Waals surface area contributed by atoms with E-state index in [1.165, 1.54) is 66.5 Å². The van der Waals surface area contributed by atoms with Crippen LogP contribution in [0.1, 0.15) is 0 Å². The maximum atomic E-state index is 13.4. The van der Waals surface area contributed by atoms with E-state index in [2.05, 4.69) is 14.4 Å². The molecule has 0 unspecified atom stereocenters. The number of halogens is 2. The topological polar surface area (TPSA) is 103 Å². The number of pyridine rings is 1. The molecule has 8 nitrogen and oxygen atoms in total. The summed E-state index contributed by atoms with van der Waals surface area (Å²) in [6, 6.07) is 17.6. The SMILES string of the molecule is COc1cc(-c2ccc(F)cc2)c(Cl)cc1-n1c(=O)ccc2cc(S(=O)(=O)Nc3ccon3)ccc21. The summed E-state index contributed by atoms with van der Waals surface area (Å²) in [6.07, 6.45) is 1.25. The van der Waals surface area contributed by atoms with Crippen molar-refractivity contribution in [2.75, 3.05) is 11.8 Å². The summed E-state index contributed by atoms with van der Waals surface area (Å²) >= 11 is 6.57. The average molecular weight is 526 g/mol. The molecule has 0 saturated heterocycles. The largest absolute Gasteiger partial charge is 0.495 e. The Kier molecular flexibility index (Phi) is 5.99. The fraction of sp³-hybridized carbons (Fsp3) is 0.0400. The molecule has 0 atom stereocenters. The maximum Gasteiger partial charge on any atom is 0.263 e. The Bertz CT molecular complexity index is 1750. The van der Waals surface area contributed by atoms with E-state index in [0.29, 0.717) is 38.5 Å². The number of nitrogens with zero attached hydrogens (tertiary/aromatic N) is 2. The molecule has 182 valence electrons. The molecule has 2 heterocycles. The molecule has 0 fully saturated rings. The fourth-order valence-electron chi connectivity index (χ4n) is 3.83. The van der Waals surface area contributed by atoms with E-state index in [9.17, 15) is 17.6 Å². The normalized spacial score (nSPS) is 11.5. The zero-order valence-electron chi connectivity index (χ0n) is 18.6. The molecule has 5 aromatic rings. The highest BCUT2D eigenvalue weighted by molar-refractivity contribution is 7.92. The van der Waals surface area contributed by atoms with Crippen LogP contribution < -0.4 is 15.0 Å². The Labute approximate surface area is 209 Å². The third-order valence-corrected chi connectivity index (χ3v) is 7.18. The van der Waals surface area contributed by atoms with E-state index in [1.807, 2.05) is 0 Å². The third kappa shape index (κ3) is 4.32. The lowest BCUT2D eigenvalue weighted by atomic mass is 10.0.